The van der Waals surface area contributed by atoms with Gasteiger partial charge in [-0.15, -0.1) is 0 Å². The minimum atomic E-state index is -0.921. The third kappa shape index (κ3) is 2.49. The molecule has 1 saturated carbocycles. The van der Waals surface area contributed by atoms with Crippen molar-refractivity contribution in [2.24, 2.45) is 16.7 Å². The molecule has 4 heteroatoms. The lowest BCUT2D eigenvalue weighted by atomic mass is 9.95. The van der Waals surface area contributed by atoms with Crippen molar-refractivity contribution in [1.82, 2.24) is 5.32 Å². The van der Waals surface area contributed by atoms with Crippen LogP contribution in [0.3, 0.4) is 0 Å². The Morgan fingerprint density at radius 2 is 1.68 bits per heavy atom. The van der Waals surface area contributed by atoms with E-state index in [1.54, 1.807) is 6.92 Å². The summed E-state index contributed by atoms with van der Waals surface area (Å²) in [6.45, 7) is 12.1. The van der Waals surface area contributed by atoms with E-state index in [9.17, 15) is 9.59 Å². The Kier molecular flexibility index (Phi) is 4.04. The first-order valence-corrected chi connectivity index (χ1v) is 6.95. The standard InChI is InChI=1S/C15H27NO3/c1-8-9-15(6,12(18)19-7)16-11(17)10-13(2,3)14(10,4)5/h10H,8-9H2,1-7H3,(H,16,17). The molecule has 0 heterocycles. The highest BCUT2D eigenvalue weighted by Crippen LogP contribution is 2.68. The van der Waals surface area contributed by atoms with Gasteiger partial charge in [-0.2, -0.15) is 0 Å². The monoisotopic (exact) mass is 269 g/mol. The first-order chi connectivity index (χ1) is 8.54. The van der Waals surface area contributed by atoms with E-state index in [-0.39, 0.29) is 28.6 Å². The Hall–Kier alpha value is -1.06. The Morgan fingerprint density at radius 1 is 1.21 bits per heavy atom. The highest BCUT2D eigenvalue weighted by atomic mass is 16.5. The van der Waals surface area contributed by atoms with Crippen LogP contribution in [0.2, 0.25) is 0 Å². The number of ether oxygens (including phenoxy) is 1. The topological polar surface area (TPSA) is 55.4 Å². The van der Waals surface area contributed by atoms with Gasteiger partial charge in [-0.05, 0) is 24.2 Å². The lowest BCUT2D eigenvalue weighted by Gasteiger charge is -2.28. The summed E-state index contributed by atoms with van der Waals surface area (Å²) in [5.41, 5.74) is -0.976. The van der Waals surface area contributed by atoms with E-state index in [2.05, 4.69) is 33.0 Å². The van der Waals surface area contributed by atoms with Gasteiger partial charge in [0.05, 0.1) is 7.11 Å². The molecule has 1 N–H and O–H groups in total. The number of rotatable bonds is 5. The average Bonchev–Trinajstić information content (AvgIpc) is 2.68. The molecule has 0 aromatic rings. The summed E-state index contributed by atoms with van der Waals surface area (Å²) in [6.07, 6.45) is 1.39. The van der Waals surface area contributed by atoms with Gasteiger partial charge in [0, 0.05) is 5.92 Å². The van der Waals surface area contributed by atoms with Crippen molar-refractivity contribution in [3.8, 4) is 0 Å². The smallest absolute Gasteiger partial charge is 0.331 e. The summed E-state index contributed by atoms with van der Waals surface area (Å²) >= 11 is 0. The minimum Gasteiger partial charge on any atom is -0.467 e. The number of methoxy groups -OCH3 is 1. The molecular weight excluding hydrogens is 242 g/mol. The zero-order valence-corrected chi connectivity index (χ0v) is 13.2. The molecule has 4 nitrogen and oxygen atoms in total. The van der Waals surface area contributed by atoms with E-state index < -0.39 is 5.54 Å². The van der Waals surface area contributed by atoms with Crippen molar-refractivity contribution in [3.05, 3.63) is 0 Å². The van der Waals surface area contributed by atoms with Gasteiger partial charge >= 0.3 is 5.97 Å². The van der Waals surface area contributed by atoms with E-state index in [1.165, 1.54) is 7.11 Å². The molecule has 1 atom stereocenters. The number of amides is 1. The Labute approximate surface area is 116 Å². The van der Waals surface area contributed by atoms with Gasteiger partial charge in [-0.3, -0.25) is 4.79 Å². The fourth-order valence-electron chi connectivity index (χ4n) is 3.14. The average molecular weight is 269 g/mol. The first-order valence-electron chi connectivity index (χ1n) is 6.95. The van der Waals surface area contributed by atoms with Gasteiger partial charge < -0.3 is 10.1 Å². The van der Waals surface area contributed by atoms with E-state index in [4.69, 9.17) is 4.74 Å². The first kappa shape index (κ1) is 16.0. The maximum absolute atomic E-state index is 12.4. The second kappa shape index (κ2) is 4.80. The Bertz CT molecular complexity index is 373. The highest BCUT2D eigenvalue weighted by Gasteiger charge is 2.68. The Balaban J connectivity index is 2.83. The lowest BCUT2D eigenvalue weighted by Crippen LogP contribution is -2.53. The predicted octanol–water partition coefficient (Wildman–Crippen LogP) is 2.52. The van der Waals surface area contributed by atoms with E-state index in [0.717, 1.165) is 6.42 Å². The summed E-state index contributed by atoms with van der Waals surface area (Å²) < 4.78 is 4.82. The van der Waals surface area contributed by atoms with Crippen LogP contribution < -0.4 is 5.32 Å². The van der Waals surface area contributed by atoms with Crippen LogP contribution in [0, 0.1) is 16.7 Å². The van der Waals surface area contributed by atoms with Gasteiger partial charge in [-0.25, -0.2) is 4.79 Å². The summed E-state index contributed by atoms with van der Waals surface area (Å²) in [5, 5.41) is 2.90. The van der Waals surface area contributed by atoms with Crippen molar-refractivity contribution >= 4 is 11.9 Å². The van der Waals surface area contributed by atoms with Gasteiger partial charge in [0.15, 0.2) is 0 Å². The fourth-order valence-corrected chi connectivity index (χ4v) is 3.14. The highest BCUT2D eigenvalue weighted by molar-refractivity contribution is 5.91. The van der Waals surface area contributed by atoms with Crippen LogP contribution in [0.5, 0.6) is 0 Å². The second-order valence-electron chi connectivity index (χ2n) is 6.94. The molecule has 0 aliphatic heterocycles. The maximum Gasteiger partial charge on any atom is 0.331 e. The van der Waals surface area contributed by atoms with Crippen molar-refractivity contribution in [1.29, 1.82) is 0 Å². The van der Waals surface area contributed by atoms with Gasteiger partial charge in [0.25, 0.3) is 0 Å². The molecule has 0 bridgehead atoms. The van der Waals surface area contributed by atoms with Crippen LogP contribution in [0.1, 0.15) is 54.4 Å². The molecule has 0 aromatic heterocycles. The minimum absolute atomic E-state index is 0.0275. The van der Waals surface area contributed by atoms with Crippen LogP contribution in [0.25, 0.3) is 0 Å². The third-order valence-electron chi connectivity index (χ3n) is 5.07. The van der Waals surface area contributed by atoms with Crippen molar-refractivity contribution in [3.63, 3.8) is 0 Å². The maximum atomic E-state index is 12.4. The molecule has 110 valence electrons. The van der Waals surface area contributed by atoms with Crippen LogP contribution >= 0.6 is 0 Å². The Morgan fingerprint density at radius 3 is 2.00 bits per heavy atom. The van der Waals surface area contributed by atoms with Crippen LogP contribution in [0.4, 0.5) is 0 Å². The molecule has 1 fully saturated rings. The quantitative estimate of drug-likeness (QED) is 0.780. The SMILES string of the molecule is CCCC(C)(NC(=O)C1C(C)(C)C1(C)C)C(=O)OC. The van der Waals surface area contributed by atoms with Gasteiger partial charge in [0.1, 0.15) is 5.54 Å². The molecule has 0 radical (unpaired) electrons. The van der Waals surface area contributed by atoms with E-state index >= 15 is 0 Å². The van der Waals surface area contributed by atoms with Gasteiger partial charge in [0.2, 0.25) is 5.91 Å². The predicted molar refractivity (Wildman–Crippen MR) is 74.5 cm³/mol. The number of hydrogen-bond donors (Lipinski definition) is 1. The lowest BCUT2D eigenvalue weighted by molar-refractivity contribution is -0.151. The summed E-state index contributed by atoms with van der Waals surface area (Å²) in [5.74, 6) is -0.476. The molecule has 1 amide bonds. The summed E-state index contributed by atoms with van der Waals surface area (Å²) in [4.78, 5) is 24.3. The van der Waals surface area contributed by atoms with E-state index in [1.807, 2.05) is 6.92 Å². The molecule has 1 rings (SSSR count). The van der Waals surface area contributed by atoms with Gasteiger partial charge in [-0.1, -0.05) is 41.0 Å². The molecule has 0 aromatic carbocycles. The molecule has 1 unspecified atom stereocenters. The third-order valence-corrected chi connectivity index (χ3v) is 5.07. The zero-order chi connectivity index (χ0) is 15.1. The van der Waals surface area contributed by atoms with Crippen LogP contribution in [0.15, 0.2) is 0 Å². The fraction of sp³-hybridized carbons (Fsp3) is 0.867. The molecule has 1 aliphatic carbocycles. The summed E-state index contributed by atoms with van der Waals surface area (Å²) in [6, 6.07) is 0. The normalized spacial score (nSPS) is 23.3. The largest absolute Gasteiger partial charge is 0.467 e. The molecule has 1 aliphatic rings. The number of carbonyl (C=O) groups excluding carboxylic acids is 2. The zero-order valence-electron chi connectivity index (χ0n) is 13.2. The van der Waals surface area contributed by atoms with Crippen molar-refractivity contribution < 1.29 is 14.3 Å². The molecule has 0 spiro atoms. The van der Waals surface area contributed by atoms with Crippen molar-refractivity contribution in [2.45, 2.75) is 59.9 Å². The molecule has 0 saturated heterocycles. The summed E-state index contributed by atoms with van der Waals surface area (Å²) in [7, 11) is 1.35. The number of carbonyl (C=O) groups is 2. The van der Waals surface area contributed by atoms with Crippen LogP contribution in [-0.2, 0) is 14.3 Å². The number of hydrogen-bond acceptors (Lipinski definition) is 3. The van der Waals surface area contributed by atoms with E-state index in [0.29, 0.717) is 6.42 Å². The number of esters is 1. The number of nitrogens with one attached hydrogen (secondary N) is 1. The second-order valence-corrected chi connectivity index (χ2v) is 6.94. The van der Waals surface area contributed by atoms with Crippen LogP contribution in [-0.4, -0.2) is 24.5 Å². The molecular formula is C15H27NO3. The van der Waals surface area contributed by atoms with Crippen molar-refractivity contribution in [2.75, 3.05) is 7.11 Å². The molecule has 19 heavy (non-hydrogen) atoms.